The fraction of sp³-hybridized carbons (Fsp3) is 0.261. The molecule has 4 aromatic rings. The number of nitrogens with zero attached hydrogens (tertiary/aromatic N) is 4. The molecule has 4 rings (SSSR count). The molecule has 0 aliphatic rings. The van der Waals surface area contributed by atoms with Gasteiger partial charge in [-0.15, -0.1) is 10.2 Å². The van der Waals surface area contributed by atoms with Crippen LogP contribution in [0.5, 0.6) is 0 Å². The Morgan fingerprint density at radius 2 is 1.97 bits per heavy atom. The van der Waals surface area contributed by atoms with E-state index in [9.17, 15) is 9.59 Å². The molecule has 1 amide bonds. The molecule has 3 heterocycles. The Kier molecular flexibility index (Phi) is 6.48. The molecule has 0 aliphatic carbocycles. The molecule has 1 N–H and O–H groups in total. The lowest BCUT2D eigenvalue weighted by Gasteiger charge is -2.11. The minimum absolute atomic E-state index is 0.119. The van der Waals surface area contributed by atoms with Gasteiger partial charge < -0.3 is 10.1 Å². The van der Waals surface area contributed by atoms with E-state index in [0.29, 0.717) is 20.9 Å². The maximum absolute atomic E-state index is 12.6. The van der Waals surface area contributed by atoms with Crippen LogP contribution in [-0.2, 0) is 9.53 Å². The zero-order valence-corrected chi connectivity index (χ0v) is 20.4. The summed E-state index contributed by atoms with van der Waals surface area (Å²) >= 11 is 2.38. The Morgan fingerprint density at radius 1 is 1.18 bits per heavy atom. The van der Waals surface area contributed by atoms with E-state index < -0.39 is 5.97 Å². The van der Waals surface area contributed by atoms with E-state index in [1.165, 1.54) is 23.4 Å². The van der Waals surface area contributed by atoms with Crippen molar-refractivity contribution in [3.8, 4) is 0 Å². The highest BCUT2D eigenvalue weighted by Gasteiger charge is 2.19. The van der Waals surface area contributed by atoms with E-state index in [2.05, 4.69) is 60.0 Å². The highest BCUT2D eigenvalue weighted by molar-refractivity contribution is 7.99. The Morgan fingerprint density at radius 3 is 2.73 bits per heavy atom. The number of thioether (sulfide) groups is 1. The van der Waals surface area contributed by atoms with Gasteiger partial charge in [0, 0.05) is 5.39 Å². The summed E-state index contributed by atoms with van der Waals surface area (Å²) in [6, 6.07) is 6.29. The standard InChI is InChI=1S/C23H23N5O3S2/c1-6-7-31-21(30)20-15(5)24-22(33-20)25-18(29)11-32-23-27-26-17-10-13(3)16-9-12(2)8-14(4)19(16)28(17)23/h6,8-10H,1,7,11H2,2-5H3,(H,24,25,29). The third kappa shape index (κ3) is 4.62. The molecule has 3 aromatic heterocycles. The van der Waals surface area contributed by atoms with Crippen LogP contribution in [0, 0.1) is 27.7 Å². The van der Waals surface area contributed by atoms with Gasteiger partial charge in [-0.3, -0.25) is 9.20 Å². The van der Waals surface area contributed by atoms with Crippen LogP contribution in [0.3, 0.4) is 0 Å². The average Bonchev–Trinajstić information content (AvgIpc) is 3.33. The SMILES string of the molecule is C=CCOC(=O)c1sc(NC(=O)CSc2nnc3cc(C)c4cc(C)cc(C)c4n23)nc1C. The Hall–Kier alpha value is -3.24. The van der Waals surface area contributed by atoms with E-state index in [1.807, 2.05) is 10.5 Å². The number of anilines is 1. The summed E-state index contributed by atoms with van der Waals surface area (Å²) in [6.07, 6.45) is 1.50. The molecule has 10 heteroatoms. The van der Waals surface area contributed by atoms with Crippen LogP contribution >= 0.6 is 23.1 Å². The maximum atomic E-state index is 12.6. The van der Waals surface area contributed by atoms with Crippen LogP contribution in [0.4, 0.5) is 5.13 Å². The molecule has 0 aliphatic heterocycles. The molecule has 33 heavy (non-hydrogen) atoms. The Bertz CT molecular complexity index is 1410. The molecule has 0 spiro atoms. The van der Waals surface area contributed by atoms with E-state index in [0.717, 1.165) is 39.0 Å². The molecular weight excluding hydrogens is 458 g/mol. The van der Waals surface area contributed by atoms with Gasteiger partial charge in [-0.05, 0) is 51.0 Å². The lowest BCUT2D eigenvalue weighted by Crippen LogP contribution is -2.14. The molecule has 8 nitrogen and oxygen atoms in total. The lowest BCUT2D eigenvalue weighted by atomic mass is 10.0. The van der Waals surface area contributed by atoms with Gasteiger partial charge in [-0.2, -0.15) is 0 Å². The number of pyridine rings is 1. The van der Waals surface area contributed by atoms with Crippen LogP contribution in [0.15, 0.2) is 36.0 Å². The largest absolute Gasteiger partial charge is 0.457 e. The van der Waals surface area contributed by atoms with E-state index >= 15 is 0 Å². The molecule has 0 saturated heterocycles. The lowest BCUT2D eigenvalue weighted by molar-refractivity contribution is -0.113. The summed E-state index contributed by atoms with van der Waals surface area (Å²) in [5.74, 6) is -0.612. The predicted molar refractivity (Wildman–Crippen MR) is 131 cm³/mol. The van der Waals surface area contributed by atoms with Crippen LogP contribution < -0.4 is 5.32 Å². The van der Waals surface area contributed by atoms with Crippen molar-refractivity contribution < 1.29 is 14.3 Å². The van der Waals surface area contributed by atoms with Crippen molar-refractivity contribution in [3.05, 3.63) is 58.1 Å². The van der Waals surface area contributed by atoms with Crippen molar-refractivity contribution in [1.82, 2.24) is 19.6 Å². The zero-order valence-electron chi connectivity index (χ0n) is 18.8. The van der Waals surface area contributed by atoms with Crippen molar-refractivity contribution >= 4 is 56.7 Å². The summed E-state index contributed by atoms with van der Waals surface area (Å²) in [4.78, 5) is 29.3. The second-order valence-corrected chi connectivity index (χ2v) is 9.58. The average molecular weight is 482 g/mol. The number of hydrogen-bond donors (Lipinski definition) is 1. The third-order valence-corrected chi connectivity index (χ3v) is 6.97. The number of fused-ring (bicyclic) bond motifs is 3. The van der Waals surface area contributed by atoms with E-state index in [1.54, 1.807) is 6.92 Å². The van der Waals surface area contributed by atoms with Gasteiger partial charge in [0.1, 0.15) is 11.5 Å². The number of aromatic nitrogens is 4. The number of benzene rings is 1. The minimum atomic E-state index is -0.484. The molecule has 0 bridgehead atoms. The maximum Gasteiger partial charge on any atom is 0.350 e. The molecular formula is C23H23N5O3S2. The monoisotopic (exact) mass is 481 g/mol. The molecule has 0 saturated carbocycles. The zero-order chi connectivity index (χ0) is 23.7. The van der Waals surface area contributed by atoms with Gasteiger partial charge in [-0.25, -0.2) is 9.78 Å². The van der Waals surface area contributed by atoms with Gasteiger partial charge in [-0.1, -0.05) is 47.4 Å². The Balaban J connectivity index is 1.53. The minimum Gasteiger partial charge on any atom is -0.457 e. The fourth-order valence-electron chi connectivity index (χ4n) is 3.63. The fourth-order valence-corrected chi connectivity index (χ4v) is 5.25. The van der Waals surface area contributed by atoms with Crippen molar-refractivity contribution in [1.29, 1.82) is 0 Å². The number of hydrogen-bond acceptors (Lipinski definition) is 8. The number of rotatable bonds is 7. The summed E-state index contributed by atoms with van der Waals surface area (Å²) < 4.78 is 7.05. The summed E-state index contributed by atoms with van der Waals surface area (Å²) in [6.45, 7) is 11.5. The van der Waals surface area contributed by atoms with E-state index in [-0.39, 0.29) is 18.3 Å². The number of amides is 1. The van der Waals surface area contributed by atoms with Gasteiger partial charge in [0.2, 0.25) is 5.91 Å². The summed E-state index contributed by atoms with van der Waals surface area (Å²) in [5, 5.41) is 13.5. The normalized spacial score (nSPS) is 11.2. The third-order valence-electron chi connectivity index (χ3n) is 4.99. The molecule has 0 fully saturated rings. The van der Waals surface area contributed by atoms with Crippen molar-refractivity contribution in [2.24, 2.45) is 0 Å². The topological polar surface area (TPSA) is 98.5 Å². The van der Waals surface area contributed by atoms with Gasteiger partial charge in [0.15, 0.2) is 15.9 Å². The number of ether oxygens (including phenoxy) is 1. The quantitative estimate of drug-likeness (QED) is 0.233. The summed E-state index contributed by atoms with van der Waals surface area (Å²) in [5.41, 5.74) is 5.74. The smallest absolute Gasteiger partial charge is 0.350 e. The van der Waals surface area contributed by atoms with E-state index in [4.69, 9.17) is 4.74 Å². The van der Waals surface area contributed by atoms with Crippen LogP contribution in [-0.4, -0.2) is 43.8 Å². The second-order valence-electron chi connectivity index (χ2n) is 7.64. The number of carbonyl (C=O) groups excluding carboxylic acids is 2. The highest BCUT2D eigenvalue weighted by Crippen LogP contribution is 2.29. The first-order chi connectivity index (χ1) is 15.8. The molecule has 170 valence electrons. The van der Waals surface area contributed by atoms with Crippen LogP contribution in [0.25, 0.3) is 16.6 Å². The number of thiazole rings is 1. The number of nitrogens with one attached hydrogen (secondary N) is 1. The van der Waals surface area contributed by atoms with Crippen molar-refractivity contribution in [2.45, 2.75) is 32.9 Å². The first kappa shape index (κ1) is 22.9. The van der Waals surface area contributed by atoms with Crippen molar-refractivity contribution in [3.63, 3.8) is 0 Å². The number of esters is 1. The molecule has 0 unspecified atom stereocenters. The second kappa shape index (κ2) is 9.32. The van der Waals surface area contributed by atoms with Crippen molar-refractivity contribution in [2.75, 3.05) is 17.7 Å². The number of carbonyl (C=O) groups is 2. The van der Waals surface area contributed by atoms with Crippen LogP contribution in [0.2, 0.25) is 0 Å². The van der Waals surface area contributed by atoms with Gasteiger partial charge in [0.05, 0.1) is 17.0 Å². The molecule has 1 aromatic carbocycles. The molecule has 0 atom stereocenters. The Labute approximate surface area is 199 Å². The van der Waals surface area contributed by atoms with Gasteiger partial charge in [0.25, 0.3) is 0 Å². The highest BCUT2D eigenvalue weighted by atomic mass is 32.2. The number of aryl methyl sites for hydroxylation is 4. The molecule has 0 radical (unpaired) electrons. The summed E-state index contributed by atoms with van der Waals surface area (Å²) in [7, 11) is 0. The van der Waals surface area contributed by atoms with Gasteiger partial charge >= 0.3 is 5.97 Å². The first-order valence-corrected chi connectivity index (χ1v) is 12.0. The predicted octanol–water partition coefficient (Wildman–Crippen LogP) is 4.65. The van der Waals surface area contributed by atoms with Crippen LogP contribution in [0.1, 0.15) is 32.1 Å². The first-order valence-electron chi connectivity index (χ1n) is 10.2.